The van der Waals surface area contributed by atoms with Crippen molar-refractivity contribution in [2.24, 2.45) is 18.9 Å². The summed E-state index contributed by atoms with van der Waals surface area (Å²) in [5, 5.41) is 7.44. The van der Waals surface area contributed by atoms with Gasteiger partial charge in [-0.2, -0.15) is 5.10 Å². The van der Waals surface area contributed by atoms with Crippen molar-refractivity contribution in [2.45, 2.75) is 32.2 Å². The third kappa shape index (κ3) is 2.94. The minimum Gasteiger partial charge on any atom is -0.344 e. The molecule has 1 N–H and O–H groups in total. The Bertz CT molecular complexity index is 799. The zero-order chi connectivity index (χ0) is 18.3. The van der Waals surface area contributed by atoms with E-state index in [9.17, 15) is 4.79 Å². The molecule has 1 amide bonds. The molecule has 1 aromatic carbocycles. The van der Waals surface area contributed by atoms with E-state index in [0.717, 1.165) is 19.6 Å². The van der Waals surface area contributed by atoms with Crippen molar-refractivity contribution in [1.29, 1.82) is 0 Å². The maximum absolute atomic E-state index is 12.8. The van der Waals surface area contributed by atoms with E-state index < -0.39 is 0 Å². The highest BCUT2D eigenvalue weighted by molar-refractivity contribution is 5.92. The van der Waals surface area contributed by atoms with Gasteiger partial charge < -0.3 is 10.2 Å². The van der Waals surface area contributed by atoms with Gasteiger partial charge in [0.2, 0.25) is 0 Å². The van der Waals surface area contributed by atoms with Gasteiger partial charge in [0.1, 0.15) is 5.69 Å². The van der Waals surface area contributed by atoms with E-state index in [1.165, 1.54) is 17.5 Å². The molecular weight excluding hydrogens is 324 g/mol. The molecule has 1 aliphatic heterocycles. The number of hydrogen-bond donors (Lipinski definition) is 1. The molecule has 2 aromatic rings. The fourth-order valence-corrected chi connectivity index (χ4v) is 4.66. The lowest BCUT2D eigenvalue weighted by atomic mass is 9.94. The van der Waals surface area contributed by atoms with Crippen molar-refractivity contribution in [3.8, 4) is 0 Å². The molecule has 0 bridgehead atoms. The second kappa shape index (κ2) is 6.88. The quantitative estimate of drug-likeness (QED) is 0.900. The largest absolute Gasteiger partial charge is 0.344 e. The van der Waals surface area contributed by atoms with Crippen molar-refractivity contribution >= 4 is 5.91 Å². The number of fused-ring (bicyclic) bond motifs is 3. The van der Waals surface area contributed by atoms with Crippen LogP contribution in [-0.2, 0) is 7.05 Å². The number of hydrogen-bond acceptors (Lipinski definition) is 3. The summed E-state index contributed by atoms with van der Waals surface area (Å²) in [7, 11) is 1.81. The summed E-state index contributed by atoms with van der Waals surface area (Å²) in [5.41, 5.74) is 3.32. The SMILES string of the molecule is CC[C@H](C)CN1C[C@@H]2[C@H](NC(=O)c3ccnn3C)c3ccccc3[C@@H]2C1. The smallest absolute Gasteiger partial charge is 0.270 e. The zero-order valence-electron chi connectivity index (χ0n) is 15.9. The van der Waals surface area contributed by atoms with Crippen LogP contribution in [0.3, 0.4) is 0 Å². The van der Waals surface area contributed by atoms with Crippen LogP contribution < -0.4 is 5.32 Å². The molecule has 1 aromatic heterocycles. The number of aryl methyl sites for hydroxylation is 1. The maximum Gasteiger partial charge on any atom is 0.270 e. The molecule has 0 saturated carbocycles. The number of carbonyl (C=O) groups excluding carboxylic acids is 1. The van der Waals surface area contributed by atoms with Crippen LogP contribution in [0.5, 0.6) is 0 Å². The van der Waals surface area contributed by atoms with Gasteiger partial charge in [-0.25, -0.2) is 0 Å². The average molecular weight is 352 g/mol. The molecule has 1 aliphatic carbocycles. The summed E-state index contributed by atoms with van der Waals surface area (Å²) in [6, 6.07) is 10.5. The van der Waals surface area contributed by atoms with Gasteiger partial charge >= 0.3 is 0 Å². The van der Waals surface area contributed by atoms with Crippen LogP contribution in [0.25, 0.3) is 0 Å². The molecule has 138 valence electrons. The fourth-order valence-electron chi connectivity index (χ4n) is 4.66. The highest BCUT2D eigenvalue weighted by Crippen LogP contribution is 2.49. The predicted molar refractivity (Wildman–Crippen MR) is 102 cm³/mol. The number of amides is 1. The van der Waals surface area contributed by atoms with Crippen molar-refractivity contribution in [3.63, 3.8) is 0 Å². The van der Waals surface area contributed by atoms with Gasteiger partial charge in [0, 0.05) is 44.7 Å². The van der Waals surface area contributed by atoms with Gasteiger partial charge in [-0.1, -0.05) is 44.5 Å². The summed E-state index contributed by atoms with van der Waals surface area (Å²) < 4.78 is 1.64. The third-order valence-corrected chi connectivity index (χ3v) is 6.21. The Hall–Kier alpha value is -2.14. The van der Waals surface area contributed by atoms with Crippen molar-refractivity contribution < 1.29 is 4.79 Å². The third-order valence-electron chi connectivity index (χ3n) is 6.21. The monoisotopic (exact) mass is 352 g/mol. The van der Waals surface area contributed by atoms with Crippen molar-refractivity contribution in [2.75, 3.05) is 19.6 Å². The van der Waals surface area contributed by atoms with Crippen LogP contribution in [0.4, 0.5) is 0 Å². The first-order chi connectivity index (χ1) is 12.6. The van der Waals surface area contributed by atoms with E-state index in [0.29, 0.717) is 23.4 Å². The Morgan fingerprint density at radius 3 is 2.73 bits per heavy atom. The molecule has 0 radical (unpaired) electrons. The molecule has 2 heterocycles. The number of carbonyl (C=O) groups is 1. The summed E-state index contributed by atoms with van der Waals surface area (Å²) in [4.78, 5) is 15.4. The molecule has 2 aliphatic rings. The van der Waals surface area contributed by atoms with E-state index in [4.69, 9.17) is 0 Å². The van der Waals surface area contributed by atoms with Gasteiger partial charge in [0.05, 0.1) is 6.04 Å². The number of nitrogens with one attached hydrogen (secondary N) is 1. The average Bonchev–Trinajstić information content (AvgIpc) is 3.31. The van der Waals surface area contributed by atoms with Crippen molar-refractivity contribution in [1.82, 2.24) is 20.0 Å². The van der Waals surface area contributed by atoms with Crippen LogP contribution in [0.2, 0.25) is 0 Å². The number of aromatic nitrogens is 2. The minimum atomic E-state index is -0.0363. The Morgan fingerprint density at radius 2 is 2.04 bits per heavy atom. The number of benzene rings is 1. The molecule has 1 saturated heterocycles. The van der Waals surface area contributed by atoms with Gasteiger partial charge in [-0.3, -0.25) is 9.48 Å². The van der Waals surface area contributed by atoms with E-state index in [2.05, 4.69) is 53.4 Å². The Morgan fingerprint density at radius 1 is 1.27 bits per heavy atom. The first-order valence-electron chi connectivity index (χ1n) is 9.68. The van der Waals surface area contributed by atoms with Gasteiger partial charge in [-0.15, -0.1) is 0 Å². The Kier molecular flexibility index (Phi) is 4.57. The summed E-state index contributed by atoms with van der Waals surface area (Å²) in [5.74, 6) is 1.65. The molecule has 4 atom stereocenters. The van der Waals surface area contributed by atoms with Gasteiger partial charge in [0.15, 0.2) is 0 Å². The molecule has 1 fully saturated rings. The lowest BCUT2D eigenvalue weighted by Gasteiger charge is -2.24. The molecule has 0 spiro atoms. The van der Waals surface area contributed by atoms with Crippen LogP contribution in [0.15, 0.2) is 36.5 Å². The molecular formula is C21H28N4O. The maximum atomic E-state index is 12.8. The second-order valence-electron chi connectivity index (χ2n) is 7.92. The number of nitrogens with zero attached hydrogens (tertiary/aromatic N) is 3. The second-order valence-corrected chi connectivity index (χ2v) is 7.92. The lowest BCUT2D eigenvalue weighted by Crippen LogP contribution is -2.35. The summed E-state index contributed by atoms with van der Waals surface area (Å²) >= 11 is 0. The minimum absolute atomic E-state index is 0.0363. The molecule has 4 rings (SSSR count). The molecule has 5 heteroatoms. The van der Waals surface area contributed by atoms with Crippen LogP contribution in [0, 0.1) is 11.8 Å². The first kappa shape index (κ1) is 17.3. The van der Waals surface area contributed by atoms with E-state index in [1.807, 2.05) is 7.05 Å². The molecule has 0 unspecified atom stereocenters. The Balaban J connectivity index is 1.57. The lowest BCUT2D eigenvalue weighted by molar-refractivity contribution is 0.0914. The summed E-state index contributed by atoms with van der Waals surface area (Å²) in [6.45, 7) is 7.88. The number of likely N-dealkylation sites (tertiary alicyclic amines) is 1. The Labute approximate surface area is 155 Å². The number of rotatable bonds is 5. The van der Waals surface area contributed by atoms with Crippen LogP contribution in [-0.4, -0.2) is 40.2 Å². The fraction of sp³-hybridized carbons (Fsp3) is 0.524. The van der Waals surface area contributed by atoms with E-state index in [1.54, 1.807) is 16.9 Å². The first-order valence-corrected chi connectivity index (χ1v) is 9.68. The zero-order valence-corrected chi connectivity index (χ0v) is 15.9. The standard InChI is InChI=1S/C21H28N4O/c1-4-14(2)11-25-12-17-15-7-5-6-8-16(15)20(18(17)13-25)23-21(26)19-9-10-22-24(19)3/h5-10,14,17-18,20H,4,11-13H2,1-3H3,(H,23,26)/t14-,17-,18-,20+/m0/s1. The molecule has 26 heavy (non-hydrogen) atoms. The predicted octanol–water partition coefficient (Wildman–Crippen LogP) is 2.97. The topological polar surface area (TPSA) is 50.2 Å². The highest BCUT2D eigenvalue weighted by atomic mass is 16.2. The molecule has 5 nitrogen and oxygen atoms in total. The van der Waals surface area contributed by atoms with Crippen LogP contribution >= 0.6 is 0 Å². The summed E-state index contributed by atoms with van der Waals surface area (Å²) in [6.07, 6.45) is 2.88. The van der Waals surface area contributed by atoms with Gasteiger partial charge in [-0.05, 0) is 23.1 Å². The van der Waals surface area contributed by atoms with E-state index >= 15 is 0 Å². The normalized spacial score (nSPS) is 25.7. The van der Waals surface area contributed by atoms with Crippen LogP contribution in [0.1, 0.15) is 53.8 Å². The van der Waals surface area contributed by atoms with Crippen molar-refractivity contribution in [3.05, 3.63) is 53.3 Å². The van der Waals surface area contributed by atoms with Gasteiger partial charge in [0.25, 0.3) is 5.91 Å². The highest BCUT2D eigenvalue weighted by Gasteiger charge is 2.46. The van der Waals surface area contributed by atoms with E-state index in [-0.39, 0.29) is 11.9 Å².